The maximum atomic E-state index is 14.7. The summed E-state index contributed by atoms with van der Waals surface area (Å²) in [6.45, 7) is 5.36. The number of fused-ring (bicyclic) bond motifs is 1. The van der Waals surface area contributed by atoms with Crippen LogP contribution in [0.2, 0.25) is 0 Å². The maximum absolute atomic E-state index is 14.7. The van der Waals surface area contributed by atoms with Gasteiger partial charge in [-0.2, -0.15) is 5.10 Å². The summed E-state index contributed by atoms with van der Waals surface area (Å²) in [5.41, 5.74) is 2.94. The monoisotopic (exact) mass is 590 g/mol. The summed E-state index contributed by atoms with van der Waals surface area (Å²) in [5, 5.41) is 9.14. The first-order valence-corrected chi connectivity index (χ1v) is 13.0. The van der Waals surface area contributed by atoms with Crippen LogP contribution in [0.15, 0.2) is 77.7 Å². The minimum absolute atomic E-state index is 0.0753. The molecule has 0 N–H and O–H groups in total. The number of amides is 1. The van der Waals surface area contributed by atoms with Crippen LogP contribution in [0.5, 0.6) is 0 Å². The average Bonchev–Trinajstić information content (AvgIpc) is 3.54. The van der Waals surface area contributed by atoms with E-state index in [0.717, 1.165) is 16.9 Å². The highest BCUT2D eigenvalue weighted by atomic mass is 79.9. The topological polar surface area (TPSA) is 94.6 Å². The van der Waals surface area contributed by atoms with Gasteiger partial charge < -0.3 is 4.74 Å². The summed E-state index contributed by atoms with van der Waals surface area (Å²) in [6, 6.07) is 14.9. The van der Waals surface area contributed by atoms with Gasteiger partial charge in [0.1, 0.15) is 11.4 Å². The number of anilines is 1. The zero-order valence-corrected chi connectivity index (χ0v) is 23.0. The SMILES string of the molecule is CCOC(=O)c1cn(-c2ccc(-c3cc4ncccn4n3)cc2)nc1N(C(=O)c1ccc(Br)cc1F)C(C)C. The highest BCUT2D eigenvalue weighted by Gasteiger charge is 2.31. The van der Waals surface area contributed by atoms with Crippen molar-refractivity contribution in [2.75, 3.05) is 11.5 Å². The van der Waals surface area contributed by atoms with Crippen molar-refractivity contribution in [2.24, 2.45) is 0 Å². The van der Waals surface area contributed by atoms with Crippen LogP contribution < -0.4 is 4.90 Å². The molecule has 1 amide bonds. The van der Waals surface area contributed by atoms with E-state index in [1.54, 1.807) is 43.6 Å². The summed E-state index contributed by atoms with van der Waals surface area (Å²) in [6.07, 6.45) is 5.04. The molecule has 0 unspecified atom stereocenters. The van der Waals surface area contributed by atoms with Crippen LogP contribution in [0.3, 0.4) is 0 Å². The third-order valence-electron chi connectivity index (χ3n) is 5.98. The molecule has 0 spiro atoms. The number of carbonyl (C=O) groups is 2. The Bertz CT molecular complexity index is 1650. The molecule has 0 saturated heterocycles. The van der Waals surface area contributed by atoms with E-state index in [-0.39, 0.29) is 23.6 Å². The molecule has 3 heterocycles. The normalized spacial score (nSPS) is 11.2. The van der Waals surface area contributed by atoms with Crippen molar-refractivity contribution >= 4 is 39.3 Å². The zero-order valence-electron chi connectivity index (χ0n) is 21.4. The molecule has 0 aliphatic carbocycles. The van der Waals surface area contributed by atoms with Crippen molar-refractivity contribution in [3.63, 3.8) is 0 Å². The number of rotatable bonds is 7. The summed E-state index contributed by atoms with van der Waals surface area (Å²) < 4.78 is 23.7. The Hall–Kier alpha value is -4.38. The standard InChI is InChI=1S/C28H24BrFN6O3/c1-4-39-28(38)22-16-35(20-9-6-18(7-10-20)24-15-25-31-12-5-13-34(25)32-24)33-26(22)36(17(2)3)27(37)21-11-8-19(29)14-23(21)30/h5-17H,4H2,1-3H3. The Morgan fingerprint density at radius 2 is 1.85 bits per heavy atom. The first-order chi connectivity index (χ1) is 18.8. The lowest BCUT2D eigenvalue weighted by Crippen LogP contribution is -2.39. The highest BCUT2D eigenvalue weighted by Crippen LogP contribution is 2.28. The van der Waals surface area contributed by atoms with Crippen molar-refractivity contribution in [3.05, 3.63) is 94.6 Å². The summed E-state index contributed by atoms with van der Waals surface area (Å²) >= 11 is 3.21. The van der Waals surface area contributed by atoms with Crippen molar-refractivity contribution in [1.29, 1.82) is 0 Å². The lowest BCUT2D eigenvalue weighted by Gasteiger charge is -2.25. The lowest BCUT2D eigenvalue weighted by atomic mass is 10.1. The van der Waals surface area contributed by atoms with E-state index in [0.29, 0.717) is 10.2 Å². The number of ether oxygens (including phenoxy) is 1. The Morgan fingerprint density at radius 3 is 2.51 bits per heavy atom. The van der Waals surface area contributed by atoms with Crippen molar-refractivity contribution in [3.8, 4) is 16.9 Å². The molecule has 5 aromatic rings. The third kappa shape index (κ3) is 5.17. The van der Waals surface area contributed by atoms with E-state index in [2.05, 4.69) is 31.1 Å². The molecule has 3 aromatic heterocycles. The van der Waals surface area contributed by atoms with Gasteiger partial charge in [0.25, 0.3) is 5.91 Å². The van der Waals surface area contributed by atoms with Gasteiger partial charge in [-0.3, -0.25) is 9.69 Å². The molecule has 39 heavy (non-hydrogen) atoms. The predicted octanol–water partition coefficient (Wildman–Crippen LogP) is 5.72. The molecule has 198 valence electrons. The van der Waals surface area contributed by atoms with Crippen LogP contribution in [-0.2, 0) is 4.74 Å². The van der Waals surface area contributed by atoms with E-state index in [9.17, 15) is 14.0 Å². The van der Waals surface area contributed by atoms with Crippen LogP contribution in [-0.4, -0.2) is 48.9 Å². The van der Waals surface area contributed by atoms with Gasteiger partial charge in [-0.15, -0.1) is 5.10 Å². The Balaban J connectivity index is 1.54. The van der Waals surface area contributed by atoms with Gasteiger partial charge in [-0.05, 0) is 57.2 Å². The number of aromatic nitrogens is 5. The molecule has 9 nitrogen and oxygen atoms in total. The number of hydrogen-bond acceptors (Lipinski definition) is 6. The fourth-order valence-corrected chi connectivity index (χ4v) is 4.49. The van der Waals surface area contributed by atoms with Crippen LogP contribution in [0, 0.1) is 5.82 Å². The van der Waals surface area contributed by atoms with Gasteiger partial charge in [-0.25, -0.2) is 23.4 Å². The van der Waals surface area contributed by atoms with Gasteiger partial charge in [-0.1, -0.05) is 28.1 Å². The molecule has 0 aliphatic rings. The number of benzene rings is 2. The van der Waals surface area contributed by atoms with Gasteiger partial charge in [0.15, 0.2) is 11.5 Å². The molecule has 11 heteroatoms. The summed E-state index contributed by atoms with van der Waals surface area (Å²) in [4.78, 5) is 32.0. The minimum Gasteiger partial charge on any atom is -0.462 e. The highest BCUT2D eigenvalue weighted by molar-refractivity contribution is 9.10. The number of hydrogen-bond donors (Lipinski definition) is 0. The molecule has 0 saturated carbocycles. The molecule has 0 atom stereocenters. The average molecular weight is 591 g/mol. The van der Waals surface area contributed by atoms with E-state index in [1.807, 2.05) is 36.5 Å². The van der Waals surface area contributed by atoms with E-state index in [1.165, 1.54) is 27.9 Å². The van der Waals surface area contributed by atoms with E-state index >= 15 is 0 Å². The Labute approximate surface area is 232 Å². The first-order valence-electron chi connectivity index (χ1n) is 12.2. The van der Waals surface area contributed by atoms with Crippen LogP contribution >= 0.6 is 15.9 Å². The number of carbonyl (C=O) groups excluding carboxylic acids is 2. The van der Waals surface area contributed by atoms with Gasteiger partial charge >= 0.3 is 5.97 Å². The quantitative estimate of drug-likeness (QED) is 0.225. The maximum Gasteiger partial charge on any atom is 0.343 e. The molecule has 0 aliphatic heterocycles. The molecule has 0 fully saturated rings. The Kier molecular flexibility index (Phi) is 7.25. The molecule has 2 aromatic carbocycles. The zero-order chi connectivity index (χ0) is 27.7. The smallest absolute Gasteiger partial charge is 0.343 e. The van der Waals surface area contributed by atoms with Gasteiger partial charge in [0.2, 0.25) is 0 Å². The minimum atomic E-state index is -0.685. The molecule has 0 radical (unpaired) electrons. The fraction of sp³-hybridized carbons (Fsp3) is 0.179. The number of nitrogens with zero attached hydrogens (tertiary/aromatic N) is 6. The largest absolute Gasteiger partial charge is 0.462 e. The molecular formula is C28H24BrFN6O3. The van der Waals surface area contributed by atoms with Gasteiger partial charge in [0, 0.05) is 40.7 Å². The third-order valence-corrected chi connectivity index (χ3v) is 6.47. The van der Waals surface area contributed by atoms with Crippen LogP contribution in [0.1, 0.15) is 41.5 Å². The van der Waals surface area contributed by atoms with Crippen molar-refractivity contribution in [2.45, 2.75) is 26.8 Å². The summed E-state index contributed by atoms with van der Waals surface area (Å²) in [5.74, 6) is -1.87. The number of halogens is 2. The predicted molar refractivity (Wildman–Crippen MR) is 148 cm³/mol. The second kappa shape index (κ2) is 10.8. The van der Waals surface area contributed by atoms with Gasteiger partial charge in [0.05, 0.1) is 23.6 Å². The fourth-order valence-electron chi connectivity index (χ4n) is 4.15. The molecular weight excluding hydrogens is 567 g/mol. The first kappa shape index (κ1) is 26.2. The second-order valence-electron chi connectivity index (χ2n) is 8.92. The van der Waals surface area contributed by atoms with Crippen molar-refractivity contribution in [1.82, 2.24) is 24.4 Å². The second-order valence-corrected chi connectivity index (χ2v) is 9.84. The van der Waals surface area contributed by atoms with E-state index in [4.69, 9.17) is 4.74 Å². The molecule has 0 bridgehead atoms. The Morgan fingerprint density at radius 1 is 1.08 bits per heavy atom. The lowest BCUT2D eigenvalue weighted by molar-refractivity contribution is 0.0527. The van der Waals surface area contributed by atoms with E-state index < -0.39 is 23.7 Å². The number of esters is 1. The summed E-state index contributed by atoms with van der Waals surface area (Å²) in [7, 11) is 0. The molecule has 5 rings (SSSR count). The van der Waals surface area contributed by atoms with Crippen LogP contribution in [0.25, 0.3) is 22.6 Å². The van der Waals surface area contributed by atoms with Crippen LogP contribution in [0.4, 0.5) is 10.2 Å². The van der Waals surface area contributed by atoms with Crippen molar-refractivity contribution < 1.29 is 18.7 Å².